The van der Waals surface area contributed by atoms with Crippen LogP contribution < -0.4 is 0 Å². The van der Waals surface area contributed by atoms with Crippen molar-refractivity contribution >= 4 is 12.1 Å². The summed E-state index contributed by atoms with van der Waals surface area (Å²) in [5.74, 6) is -1.03. The second-order valence-electron chi connectivity index (χ2n) is 5.77. The lowest BCUT2D eigenvalue weighted by molar-refractivity contribution is 0.0252. The van der Waals surface area contributed by atoms with Gasteiger partial charge in [0.2, 0.25) is 0 Å². The summed E-state index contributed by atoms with van der Waals surface area (Å²) in [4.78, 5) is 24.5. The van der Waals surface area contributed by atoms with Gasteiger partial charge in [0.1, 0.15) is 5.60 Å². The van der Waals surface area contributed by atoms with Crippen LogP contribution >= 0.6 is 0 Å². The number of nitrogens with zero attached hydrogens (tertiary/aromatic N) is 3. The molecule has 1 aliphatic rings. The number of fused-ring (bicyclic) bond motifs is 1. The van der Waals surface area contributed by atoms with Crippen LogP contribution in [0.5, 0.6) is 0 Å². The van der Waals surface area contributed by atoms with Gasteiger partial charge in [-0.25, -0.2) is 9.59 Å². The van der Waals surface area contributed by atoms with E-state index in [1.54, 1.807) is 15.6 Å². The third kappa shape index (κ3) is 3.28. The van der Waals surface area contributed by atoms with Gasteiger partial charge in [-0.1, -0.05) is 0 Å². The first-order valence-electron chi connectivity index (χ1n) is 6.54. The summed E-state index contributed by atoms with van der Waals surface area (Å²) in [5, 5.41) is 12.9. The van der Waals surface area contributed by atoms with Gasteiger partial charge in [0.15, 0.2) is 5.69 Å². The van der Waals surface area contributed by atoms with E-state index in [4.69, 9.17) is 9.84 Å². The zero-order valence-electron chi connectivity index (χ0n) is 11.9. The van der Waals surface area contributed by atoms with E-state index in [-0.39, 0.29) is 11.8 Å². The number of carbonyl (C=O) groups excluding carboxylic acids is 1. The summed E-state index contributed by atoms with van der Waals surface area (Å²) in [7, 11) is 0. The van der Waals surface area contributed by atoms with Crippen molar-refractivity contribution < 1.29 is 19.4 Å². The van der Waals surface area contributed by atoms with Gasteiger partial charge in [0.05, 0.1) is 6.54 Å². The number of rotatable bonds is 1. The van der Waals surface area contributed by atoms with Gasteiger partial charge in [0.25, 0.3) is 0 Å². The summed E-state index contributed by atoms with van der Waals surface area (Å²) in [6.07, 6.45) is 0.223. The molecule has 2 rings (SSSR count). The fourth-order valence-electron chi connectivity index (χ4n) is 2.04. The minimum atomic E-state index is -1.03. The smallest absolute Gasteiger partial charge is 0.410 e. The van der Waals surface area contributed by atoms with Crippen LogP contribution in [0.4, 0.5) is 4.79 Å². The van der Waals surface area contributed by atoms with Crippen LogP contribution in [0.25, 0.3) is 0 Å². The van der Waals surface area contributed by atoms with E-state index in [9.17, 15) is 9.59 Å². The highest BCUT2D eigenvalue weighted by molar-refractivity contribution is 5.85. The normalized spacial score (nSPS) is 15.4. The maximum absolute atomic E-state index is 12.0. The highest BCUT2D eigenvalue weighted by Crippen LogP contribution is 2.14. The van der Waals surface area contributed by atoms with E-state index in [1.807, 2.05) is 20.8 Å². The van der Waals surface area contributed by atoms with E-state index in [1.165, 1.54) is 0 Å². The van der Waals surface area contributed by atoms with Gasteiger partial charge in [-0.05, 0) is 26.8 Å². The first kappa shape index (κ1) is 14.4. The summed E-state index contributed by atoms with van der Waals surface area (Å²) in [5.41, 5.74) is 0.354. The summed E-state index contributed by atoms with van der Waals surface area (Å²) >= 11 is 0. The summed E-state index contributed by atoms with van der Waals surface area (Å²) in [6.45, 7) is 6.91. The first-order valence-corrected chi connectivity index (χ1v) is 6.54. The van der Waals surface area contributed by atoms with Gasteiger partial charge in [-0.2, -0.15) is 5.10 Å². The van der Waals surface area contributed by atoms with E-state index in [0.717, 1.165) is 5.69 Å². The Hall–Kier alpha value is -2.05. The van der Waals surface area contributed by atoms with Gasteiger partial charge in [-0.15, -0.1) is 0 Å². The molecule has 110 valence electrons. The molecule has 0 aromatic carbocycles. The molecular formula is C13H19N3O4. The van der Waals surface area contributed by atoms with Crippen molar-refractivity contribution in [1.82, 2.24) is 14.7 Å². The van der Waals surface area contributed by atoms with Crippen LogP contribution in [0.3, 0.4) is 0 Å². The molecule has 7 heteroatoms. The van der Waals surface area contributed by atoms with Crippen LogP contribution in [-0.4, -0.2) is 50.5 Å². The molecule has 1 amide bonds. The summed E-state index contributed by atoms with van der Waals surface area (Å²) < 4.78 is 6.98. The Kier molecular flexibility index (Phi) is 3.69. The number of carbonyl (C=O) groups is 2. The van der Waals surface area contributed by atoms with Crippen LogP contribution in [0, 0.1) is 0 Å². The monoisotopic (exact) mass is 281 g/mol. The Morgan fingerprint density at radius 2 is 2.00 bits per heavy atom. The number of carboxylic acid groups (broad SMARTS) is 1. The van der Waals surface area contributed by atoms with E-state index >= 15 is 0 Å². The van der Waals surface area contributed by atoms with Crippen molar-refractivity contribution in [2.75, 3.05) is 13.1 Å². The van der Waals surface area contributed by atoms with Crippen molar-refractivity contribution in [3.05, 3.63) is 17.5 Å². The molecule has 0 radical (unpaired) electrons. The fourth-order valence-corrected chi connectivity index (χ4v) is 2.04. The predicted octanol–water partition coefficient (Wildman–Crippen LogP) is 1.37. The van der Waals surface area contributed by atoms with Gasteiger partial charge >= 0.3 is 12.1 Å². The van der Waals surface area contributed by atoms with Crippen LogP contribution in [-0.2, 0) is 17.7 Å². The molecule has 0 aliphatic carbocycles. The number of hydrogen-bond donors (Lipinski definition) is 1. The molecule has 1 aliphatic heterocycles. The third-order valence-electron chi connectivity index (χ3n) is 2.95. The van der Waals surface area contributed by atoms with Crippen molar-refractivity contribution in [2.45, 2.75) is 39.3 Å². The molecular weight excluding hydrogens is 262 g/mol. The Bertz CT molecular complexity index is 505. The highest BCUT2D eigenvalue weighted by atomic mass is 16.6. The molecule has 1 N–H and O–H groups in total. The minimum absolute atomic E-state index is 0.0470. The lowest BCUT2D eigenvalue weighted by atomic mass is 10.2. The number of amides is 1. The average Bonchev–Trinajstić information content (AvgIpc) is 2.61. The number of carboxylic acids is 1. The van der Waals surface area contributed by atoms with Gasteiger partial charge in [0, 0.05) is 25.2 Å². The molecule has 0 fully saturated rings. The number of ether oxygens (including phenoxy) is 1. The zero-order chi connectivity index (χ0) is 14.9. The molecule has 0 saturated carbocycles. The first-order chi connectivity index (χ1) is 9.26. The average molecular weight is 281 g/mol. The standard InChI is InChI=1S/C13H19N3O4/c1-13(2,3)20-12(19)15-5-4-9-8-10(11(17)18)14-16(9)7-6-15/h8H,4-7H2,1-3H3,(H,17,18). The molecule has 0 saturated heterocycles. The molecule has 1 aromatic rings. The summed E-state index contributed by atoms with van der Waals surface area (Å²) in [6, 6.07) is 1.56. The second kappa shape index (κ2) is 5.15. The number of aromatic carboxylic acids is 1. The largest absolute Gasteiger partial charge is 0.476 e. The number of aromatic nitrogens is 2. The highest BCUT2D eigenvalue weighted by Gasteiger charge is 2.25. The van der Waals surface area contributed by atoms with Gasteiger partial charge < -0.3 is 14.7 Å². The molecule has 0 spiro atoms. The molecule has 2 heterocycles. The zero-order valence-corrected chi connectivity index (χ0v) is 11.9. The van der Waals surface area contributed by atoms with E-state index in [0.29, 0.717) is 26.1 Å². The van der Waals surface area contributed by atoms with E-state index in [2.05, 4.69) is 5.10 Å². The van der Waals surface area contributed by atoms with Crippen LogP contribution in [0.2, 0.25) is 0 Å². The van der Waals surface area contributed by atoms with E-state index < -0.39 is 11.6 Å². The molecule has 7 nitrogen and oxygen atoms in total. The second-order valence-corrected chi connectivity index (χ2v) is 5.77. The van der Waals surface area contributed by atoms with Crippen LogP contribution in [0.15, 0.2) is 6.07 Å². The third-order valence-corrected chi connectivity index (χ3v) is 2.95. The van der Waals surface area contributed by atoms with Gasteiger partial charge in [-0.3, -0.25) is 4.68 Å². The minimum Gasteiger partial charge on any atom is -0.476 e. The topological polar surface area (TPSA) is 84.7 Å². The molecule has 0 unspecified atom stereocenters. The predicted molar refractivity (Wildman–Crippen MR) is 70.7 cm³/mol. The van der Waals surface area contributed by atoms with Crippen LogP contribution in [0.1, 0.15) is 37.0 Å². The molecule has 0 atom stereocenters. The number of hydrogen-bond acceptors (Lipinski definition) is 4. The molecule has 20 heavy (non-hydrogen) atoms. The molecule has 0 bridgehead atoms. The lowest BCUT2D eigenvalue weighted by Crippen LogP contribution is -2.38. The fraction of sp³-hybridized carbons (Fsp3) is 0.615. The van der Waals surface area contributed by atoms with Crippen molar-refractivity contribution in [2.24, 2.45) is 0 Å². The van der Waals surface area contributed by atoms with Crippen molar-refractivity contribution in [1.29, 1.82) is 0 Å². The maximum Gasteiger partial charge on any atom is 0.410 e. The Morgan fingerprint density at radius 3 is 2.60 bits per heavy atom. The van der Waals surface area contributed by atoms with Crippen molar-refractivity contribution in [3.8, 4) is 0 Å². The Labute approximate surface area is 117 Å². The Morgan fingerprint density at radius 1 is 1.30 bits per heavy atom. The Balaban J connectivity index is 2.03. The molecule has 1 aromatic heterocycles. The maximum atomic E-state index is 12.0. The lowest BCUT2D eigenvalue weighted by Gasteiger charge is -2.26. The quantitative estimate of drug-likeness (QED) is 0.840. The SMILES string of the molecule is CC(C)(C)OC(=O)N1CCc2cc(C(=O)O)nn2CC1. The van der Waals surface area contributed by atoms with Crippen molar-refractivity contribution in [3.63, 3.8) is 0 Å².